The quantitative estimate of drug-likeness (QED) is 0.437. The number of rotatable bonds is 9. The molecule has 0 aromatic rings. The Bertz CT molecular complexity index is 160. The first-order chi connectivity index (χ1) is 7.24. The normalized spacial score (nSPS) is 10.7. The lowest BCUT2D eigenvalue weighted by atomic mass is 10.2. The van der Waals surface area contributed by atoms with E-state index in [1.54, 1.807) is 0 Å². The van der Waals surface area contributed by atoms with Crippen LogP contribution in [0.15, 0.2) is 0 Å². The van der Waals surface area contributed by atoms with Gasteiger partial charge in [0, 0.05) is 0 Å². The van der Waals surface area contributed by atoms with E-state index in [-0.39, 0.29) is 5.97 Å². The van der Waals surface area contributed by atoms with E-state index in [2.05, 4.69) is 23.5 Å². The highest BCUT2D eigenvalue weighted by atomic mass is 16.5. The monoisotopic (exact) mass is 215 g/mol. The molecule has 0 amide bonds. The first kappa shape index (κ1) is 14.4. The third kappa shape index (κ3) is 8.43. The average Bonchev–Trinajstić information content (AvgIpc) is 2.24. The molecule has 0 aromatic heterocycles. The minimum atomic E-state index is -0.126. The van der Waals surface area contributed by atoms with Gasteiger partial charge in [-0.05, 0) is 25.9 Å². The SMILES string of the molecule is CCCCCCN(CCC)CC(=O)OC. The summed E-state index contributed by atoms with van der Waals surface area (Å²) in [5.74, 6) is -0.126. The van der Waals surface area contributed by atoms with Crippen LogP contribution in [0.4, 0.5) is 0 Å². The zero-order chi connectivity index (χ0) is 11.5. The van der Waals surface area contributed by atoms with Crippen LogP contribution >= 0.6 is 0 Å². The molecule has 0 spiro atoms. The van der Waals surface area contributed by atoms with Crippen molar-refractivity contribution >= 4 is 5.97 Å². The van der Waals surface area contributed by atoms with Gasteiger partial charge in [-0.3, -0.25) is 9.69 Å². The molecule has 0 saturated heterocycles. The Morgan fingerprint density at radius 1 is 1.07 bits per heavy atom. The van der Waals surface area contributed by atoms with Crippen LogP contribution in [0.3, 0.4) is 0 Å². The van der Waals surface area contributed by atoms with E-state index in [1.165, 1.54) is 32.8 Å². The van der Waals surface area contributed by atoms with Crippen molar-refractivity contribution < 1.29 is 9.53 Å². The van der Waals surface area contributed by atoms with E-state index in [9.17, 15) is 4.79 Å². The smallest absolute Gasteiger partial charge is 0.319 e. The first-order valence-electron chi connectivity index (χ1n) is 6.03. The maximum Gasteiger partial charge on any atom is 0.319 e. The predicted octanol–water partition coefficient (Wildman–Crippen LogP) is 2.45. The molecule has 3 heteroatoms. The minimum absolute atomic E-state index is 0.126. The lowest BCUT2D eigenvalue weighted by Gasteiger charge is -2.19. The van der Waals surface area contributed by atoms with Crippen LogP contribution in [0, 0.1) is 0 Å². The van der Waals surface area contributed by atoms with Crippen molar-refractivity contribution in [1.29, 1.82) is 0 Å². The number of methoxy groups -OCH3 is 1. The molecule has 0 aliphatic carbocycles. The van der Waals surface area contributed by atoms with Crippen molar-refractivity contribution in [2.75, 3.05) is 26.7 Å². The van der Waals surface area contributed by atoms with Crippen molar-refractivity contribution in [3.8, 4) is 0 Å². The molecule has 0 fully saturated rings. The van der Waals surface area contributed by atoms with E-state index in [0.717, 1.165) is 19.5 Å². The number of unbranched alkanes of at least 4 members (excludes halogenated alkanes) is 3. The number of carbonyl (C=O) groups is 1. The standard InChI is InChI=1S/C12H25NO2/c1-4-6-7-8-10-13(9-5-2)11-12(14)15-3/h4-11H2,1-3H3. The molecule has 0 unspecified atom stereocenters. The van der Waals surface area contributed by atoms with Crippen LogP contribution in [0.25, 0.3) is 0 Å². The zero-order valence-corrected chi connectivity index (χ0v) is 10.4. The molecule has 0 aliphatic heterocycles. The van der Waals surface area contributed by atoms with Gasteiger partial charge >= 0.3 is 5.97 Å². The van der Waals surface area contributed by atoms with Crippen molar-refractivity contribution in [2.24, 2.45) is 0 Å². The number of hydrogen-bond donors (Lipinski definition) is 0. The Kier molecular flexibility index (Phi) is 9.59. The van der Waals surface area contributed by atoms with Gasteiger partial charge < -0.3 is 4.74 Å². The highest BCUT2D eigenvalue weighted by molar-refractivity contribution is 5.71. The molecule has 0 heterocycles. The Morgan fingerprint density at radius 2 is 1.80 bits per heavy atom. The van der Waals surface area contributed by atoms with Gasteiger partial charge in [0.05, 0.1) is 13.7 Å². The predicted molar refractivity (Wildman–Crippen MR) is 62.9 cm³/mol. The fraction of sp³-hybridized carbons (Fsp3) is 0.917. The molecular weight excluding hydrogens is 190 g/mol. The van der Waals surface area contributed by atoms with Crippen LogP contribution in [0.1, 0.15) is 46.0 Å². The van der Waals surface area contributed by atoms with Crippen LogP contribution in [-0.2, 0) is 9.53 Å². The molecular formula is C12H25NO2. The molecule has 0 aliphatic rings. The summed E-state index contributed by atoms with van der Waals surface area (Å²) in [6.45, 7) is 6.79. The number of nitrogens with zero attached hydrogens (tertiary/aromatic N) is 1. The summed E-state index contributed by atoms with van der Waals surface area (Å²) in [5.41, 5.74) is 0. The maximum absolute atomic E-state index is 11.1. The Hall–Kier alpha value is -0.570. The molecule has 0 radical (unpaired) electrons. The number of carbonyl (C=O) groups excluding carboxylic acids is 1. The summed E-state index contributed by atoms with van der Waals surface area (Å²) in [6, 6.07) is 0. The highest BCUT2D eigenvalue weighted by Crippen LogP contribution is 2.02. The van der Waals surface area contributed by atoms with Crippen LogP contribution in [-0.4, -0.2) is 37.6 Å². The van der Waals surface area contributed by atoms with E-state index >= 15 is 0 Å². The lowest BCUT2D eigenvalue weighted by molar-refractivity contribution is -0.141. The lowest BCUT2D eigenvalue weighted by Crippen LogP contribution is -2.32. The largest absolute Gasteiger partial charge is 0.468 e. The Labute approximate surface area is 93.8 Å². The van der Waals surface area contributed by atoms with Gasteiger partial charge in [-0.15, -0.1) is 0 Å². The molecule has 15 heavy (non-hydrogen) atoms. The first-order valence-corrected chi connectivity index (χ1v) is 6.03. The van der Waals surface area contributed by atoms with Gasteiger partial charge in [0.25, 0.3) is 0 Å². The minimum Gasteiger partial charge on any atom is -0.468 e. The van der Waals surface area contributed by atoms with Crippen molar-refractivity contribution in [1.82, 2.24) is 4.90 Å². The number of hydrogen-bond acceptors (Lipinski definition) is 3. The van der Waals surface area contributed by atoms with Gasteiger partial charge in [-0.25, -0.2) is 0 Å². The summed E-state index contributed by atoms with van der Waals surface area (Å²) < 4.78 is 4.67. The molecule has 0 bridgehead atoms. The molecule has 0 aromatic carbocycles. The fourth-order valence-corrected chi connectivity index (χ4v) is 1.60. The van der Waals surface area contributed by atoms with Crippen LogP contribution < -0.4 is 0 Å². The van der Waals surface area contributed by atoms with Gasteiger partial charge in [-0.1, -0.05) is 33.1 Å². The summed E-state index contributed by atoms with van der Waals surface area (Å²) in [7, 11) is 1.45. The summed E-state index contributed by atoms with van der Waals surface area (Å²) >= 11 is 0. The second-order valence-corrected chi connectivity index (χ2v) is 3.91. The van der Waals surface area contributed by atoms with E-state index in [0.29, 0.717) is 6.54 Å². The summed E-state index contributed by atoms with van der Waals surface area (Å²) in [4.78, 5) is 13.3. The second kappa shape index (κ2) is 9.97. The highest BCUT2D eigenvalue weighted by Gasteiger charge is 2.08. The van der Waals surface area contributed by atoms with Gasteiger partial charge in [0.1, 0.15) is 0 Å². The fourth-order valence-electron chi connectivity index (χ4n) is 1.60. The molecule has 0 N–H and O–H groups in total. The van der Waals surface area contributed by atoms with Gasteiger partial charge in [0.2, 0.25) is 0 Å². The van der Waals surface area contributed by atoms with Crippen LogP contribution in [0.2, 0.25) is 0 Å². The van der Waals surface area contributed by atoms with Gasteiger partial charge in [0.15, 0.2) is 0 Å². The molecule has 90 valence electrons. The van der Waals surface area contributed by atoms with Crippen LogP contribution in [0.5, 0.6) is 0 Å². The third-order valence-corrected chi connectivity index (χ3v) is 2.45. The second-order valence-electron chi connectivity index (χ2n) is 3.91. The number of ether oxygens (including phenoxy) is 1. The number of esters is 1. The van der Waals surface area contributed by atoms with Gasteiger partial charge in [-0.2, -0.15) is 0 Å². The summed E-state index contributed by atoms with van der Waals surface area (Å²) in [6.07, 6.45) is 6.08. The van der Waals surface area contributed by atoms with Crippen molar-refractivity contribution in [2.45, 2.75) is 46.0 Å². The van der Waals surface area contributed by atoms with E-state index < -0.39 is 0 Å². The van der Waals surface area contributed by atoms with E-state index in [1.807, 2.05) is 0 Å². The molecule has 0 rings (SSSR count). The summed E-state index contributed by atoms with van der Waals surface area (Å²) in [5, 5.41) is 0. The topological polar surface area (TPSA) is 29.5 Å². The average molecular weight is 215 g/mol. The Morgan fingerprint density at radius 3 is 2.33 bits per heavy atom. The third-order valence-electron chi connectivity index (χ3n) is 2.45. The zero-order valence-electron chi connectivity index (χ0n) is 10.4. The maximum atomic E-state index is 11.1. The van der Waals surface area contributed by atoms with Crippen molar-refractivity contribution in [3.05, 3.63) is 0 Å². The van der Waals surface area contributed by atoms with E-state index in [4.69, 9.17) is 0 Å². The molecule has 3 nitrogen and oxygen atoms in total. The Balaban J connectivity index is 3.67. The molecule has 0 atom stereocenters. The molecule has 0 saturated carbocycles. The van der Waals surface area contributed by atoms with Crippen molar-refractivity contribution in [3.63, 3.8) is 0 Å².